The van der Waals surface area contributed by atoms with Crippen molar-refractivity contribution in [2.75, 3.05) is 40.9 Å². The minimum atomic E-state index is -4.40. The maximum atomic E-state index is 12.9. The second kappa shape index (κ2) is 28.9. The lowest BCUT2D eigenvalue weighted by Gasteiger charge is -2.25. The highest BCUT2D eigenvalue weighted by atomic mass is 31.2. The zero-order valence-electron chi connectivity index (χ0n) is 34.0. The van der Waals surface area contributed by atoms with Gasteiger partial charge in [0.05, 0.1) is 52.1 Å². The molecule has 1 aliphatic rings. The molecule has 1 rings (SSSR count). The minimum absolute atomic E-state index is 0.0184. The number of ketones is 1. The standard InChI is InChI=1S/C41H77N2O9P/c1-6-8-10-11-12-13-14-15-16-17-22-26-38(45)37(33-52-53(49,50)51-31-30-43(3,4)5)42-41(48)27-23-19-18-21-25-35-36(40(47)32-39(35)46)29-28-34(44)24-20-9-7-2/h22,26,28-29,34-38,40,44-45,47H,6-21,23-25,27,30-33H2,1-5H3,(H-,42,48,49,50)/p+1/b26-22+,29-28+/t34-,35+,36+,37-,38+,40+/m0/s1. The van der Waals surface area contributed by atoms with Crippen molar-refractivity contribution < 1.29 is 47.9 Å². The first kappa shape index (κ1) is 49.6. The number of Topliss-reactive ketones (excluding diaryl/α,β-unsaturated/α-hetero) is 1. The van der Waals surface area contributed by atoms with Gasteiger partial charge in [-0.15, -0.1) is 0 Å². The maximum Gasteiger partial charge on any atom is 0.472 e. The Morgan fingerprint density at radius 3 is 2.15 bits per heavy atom. The van der Waals surface area contributed by atoms with Crippen molar-refractivity contribution >= 4 is 19.5 Å². The number of aliphatic hydroxyl groups excluding tert-OH is 3. The largest absolute Gasteiger partial charge is 0.472 e. The van der Waals surface area contributed by atoms with Crippen molar-refractivity contribution in [1.29, 1.82) is 0 Å². The fraction of sp³-hybridized carbons (Fsp3) is 0.854. The summed E-state index contributed by atoms with van der Waals surface area (Å²) in [6.07, 6.45) is 24.2. The molecule has 5 N–H and O–H groups in total. The topological polar surface area (TPSA) is 163 Å². The lowest BCUT2D eigenvalue weighted by molar-refractivity contribution is -0.870. The van der Waals surface area contributed by atoms with Gasteiger partial charge in [-0.25, -0.2) is 4.57 Å². The summed E-state index contributed by atoms with van der Waals surface area (Å²) in [5, 5.41) is 34.5. The number of aliphatic hydroxyl groups is 3. The van der Waals surface area contributed by atoms with E-state index in [4.69, 9.17) is 9.05 Å². The van der Waals surface area contributed by atoms with E-state index in [1.54, 1.807) is 12.2 Å². The number of phosphoric acid groups is 1. The number of hydrogen-bond acceptors (Lipinski definition) is 8. The summed E-state index contributed by atoms with van der Waals surface area (Å²) in [5.41, 5.74) is 0. The molecule has 0 aromatic rings. The van der Waals surface area contributed by atoms with Gasteiger partial charge in [-0.05, 0) is 32.1 Å². The van der Waals surface area contributed by atoms with E-state index in [-0.39, 0.29) is 49.6 Å². The normalized spacial score (nSPS) is 21.0. The van der Waals surface area contributed by atoms with E-state index in [1.165, 1.54) is 44.9 Å². The molecule has 0 aliphatic heterocycles. The Labute approximate surface area is 322 Å². The Morgan fingerprint density at radius 1 is 0.887 bits per heavy atom. The van der Waals surface area contributed by atoms with Gasteiger partial charge in [0.2, 0.25) is 5.91 Å². The van der Waals surface area contributed by atoms with Crippen LogP contribution in [-0.2, 0) is 23.2 Å². The first-order valence-corrected chi connectivity index (χ1v) is 22.3. The Kier molecular flexibility index (Phi) is 27.0. The van der Waals surface area contributed by atoms with Gasteiger partial charge in [0.15, 0.2) is 0 Å². The molecule has 0 aromatic carbocycles. The third-order valence-electron chi connectivity index (χ3n) is 10.1. The molecule has 53 heavy (non-hydrogen) atoms. The number of carbonyl (C=O) groups is 2. The molecule has 1 fully saturated rings. The molecule has 12 heteroatoms. The van der Waals surface area contributed by atoms with Gasteiger partial charge in [-0.2, -0.15) is 0 Å². The van der Waals surface area contributed by atoms with E-state index in [1.807, 2.05) is 33.3 Å². The number of nitrogens with zero attached hydrogens (tertiary/aromatic N) is 1. The van der Waals surface area contributed by atoms with Crippen LogP contribution in [0.25, 0.3) is 0 Å². The van der Waals surface area contributed by atoms with Crippen LogP contribution in [-0.4, -0.2) is 102 Å². The third kappa shape index (κ3) is 25.4. The molecular weight excluding hydrogens is 695 g/mol. The average molecular weight is 774 g/mol. The molecule has 310 valence electrons. The Hall–Kier alpha value is -1.43. The molecule has 0 heterocycles. The van der Waals surface area contributed by atoms with Gasteiger partial charge in [-0.1, -0.05) is 128 Å². The monoisotopic (exact) mass is 774 g/mol. The molecule has 0 spiro atoms. The number of likely N-dealkylation sites (N-methyl/N-ethyl adjacent to an activating group) is 1. The lowest BCUT2D eigenvalue weighted by Crippen LogP contribution is -2.45. The number of hydrogen-bond donors (Lipinski definition) is 5. The van der Waals surface area contributed by atoms with Crippen LogP contribution in [0.3, 0.4) is 0 Å². The van der Waals surface area contributed by atoms with E-state index >= 15 is 0 Å². The van der Waals surface area contributed by atoms with Crippen LogP contribution in [0, 0.1) is 11.8 Å². The van der Waals surface area contributed by atoms with Crippen molar-refractivity contribution in [3.8, 4) is 0 Å². The Morgan fingerprint density at radius 2 is 1.49 bits per heavy atom. The van der Waals surface area contributed by atoms with Gasteiger partial charge in [0.1, 0.15) is 18.9 Å². The third-order valence-corrected chi connectivity index (χ3v) is 11.0. The zero-order valence-corrected chi connectivity index (χ0v) is 34.9. The van der Waals surface area contributed by atoms with Gasteiger partial charge in [0.25, 0.3) is 0 Å². The predicted octanol–water partition coefficient (Wildman–Crippen LogP) is 7.55. The molecule has 1 aliphatic carbocycles. The lowest BCUT2D eigenvalue weighted by atomic mass is 9.88. The van der Waals surface area contributed by atoms with Crippen molar-refractivity contribution in [2.24, 2.45) is 11.8 Å². The molecule has 0 aromatic heterocycles. The number of phosphoric ester groups is 1. The second-order valence-electron chi connectivity index (χ2n) is 16.1. The highest BCUT2D eigenvalue weighted by Gasteiger charge is 2.39. The van der Waals surface area contributed by atoms with Crippen LogP contribution < -0.4 is 5.32 Å². The van der Waals surface area contributed by atoms with E-state index in [0.717, 1.165) is 57.8 Å². The maximum absolute atomic E-state index is 12.9. The molecule has 1 saturated carbocycles. The van der Waals surface area contributed by atoms with Crippen molar-refractivity contribution in [3.05, 3.63) is 24.3 Å². The van der Waals surface area contributed by atoms with Crippen LogP contribution >= 0.6 is 7.82 Å². The highest BCUT2D eigenvalue weighted by Crippen LogP contribution is 2.43. The summed E-state index contributed by atoms with van der Waals surface area (Å²) in [6.45, 7) is 4.47. The summed E-state index contributed by atoms with van der Waals surface area (Å²) in [7, 11) is 1.42. The number of nitrogens with one attached hydrogen (secondary N) is 1. The number of rotatable bonds is 33. The zero-order chi connectivity index (χ0) is 39.5. The smallest absolute Gasteiger partial charge is 0.392 e. The minimum Gasteiger partial charge on any atom is -0.392 e. The summed E-state index contributed by atoms with van der Waals surface area (Å²) in [6, 6.07) is -0.931. The first-order chi connectivity index (χ1) is 25.2. The Balaban J connectivity index is 2.58. The van der Waals surface area contributed by atoms with E-state index in [0.29, 0.717) is 30.3 Å². The molecule has 0 saturated heterocycles. The quantitative estimate of drug-likeness (QED) is 0.0196. The van der Waals surface area contributed by atoms with Crippen LogP contribution in [0.2, 0.25) is 0 Å². The number of amides is 1. The summed E-state index contributed by atoms with van der Waals surface area (Å²) in [5.74, 6) is -0.772. The van der Waals surface area contributed by atoms with Crippen LogP contribution in [0.15, 0.2) is 24.3 Å². The van der Waals surface area contributed by atoms with Crippen molar-refractivity contribution in [1.82, 2.24) is 5.32 Å². The van der Waals surface area contributed by atoms with E-state index in [9.17, 15) is 34.4 Å². The average Bonchev–Trinajstić information content (AvgIpc) is 3.36. The fourth-order valence-electron chi connectivity index (χ4n) is 6.64. The van der Waals surface area contributed by atoms with Gasteiger partial charge >= 0.3 is 7.82 Å². The molecule has 11 nitrogen and oxygen atoms in total. The van der Waals surface area contributed by atoms with Crippen LogP contribution in [0.1, 0.15) is 149 Å². The molecule has 0 radical (unpaired) electrons. The van der Waals surface area contributed by atoms with Gasteiger partial charge in [-0.3, -0.25) is 18.6 Å². The predicted molar refractivity (Wildman–Crippen MR) is 213 cm³/mol. The van der Waals surface area contributed by atoms with Crippen LogP contribution in [0.4, 0.5) is 0 Å². The number of unbranched alkanes of at least 4 members (excludes halogenated alkanes) is 14. The van der Waals surface area contributed by atoms with Crippen molar-refractivity contribution in [2.45, 2.75) is 173 Å². The molecule has 1 unspecified atom stereocenters. The first-order valence-electron chi connectivity index (χ1n) is 20.8. The number of quaternary nitrogens is 1. The SMILES string of the molecule is CCCCCCCCCCC/C=C/[C@@H](O)[C@H](COP(=O)(O)OCC[N+](C)(C)C)NC(=O)CCCCCC[C@H]1C(=O)C[C@@H](O)[C@@H]1/C=C/[C@@H](O)CCCCC. The Bertz CT molecular complexity index is 1080. The van der Waals surface area contributed by atoms with Crippen LogP contribution in [0.5, 0.6) is 0 Å². The second-order valence-corrected chi connectivity index (χ2v) is 17.6. The summed E-state index contributed by atoms with van der Waals surface area (Å²) in [4.78, 5) is 35.8. The van der Waals surface area contributed by atoms with Gasteiger partial charge in [0, 0.05) is 24.7 Å². The van der Waals surface area contributed by atoms with E-state index in [2.05, 4.69) is 19.2 Å². The fourth-order valence-corrected chi connectivity index (χ4v) is 7.38. The number of allylic oxidation sites excluding steroid dienone is 1. The molecule has 0 bridgehead atoms. The molecule has 7 atom stereocenters. The van der Waals surface area contributed by atoms with E-state index < -0.39 is 32.2 Å². The number of carbonyl (C=O) groups excluding carboxylic acids is 2. The molecular formula is C41H78N2O9P+. The van der Waals surface area contributed by atoms with Gasteiger partial charge < -0.3 is 30.0 Å². The highest BCUT2D eigenvalue weighted by molar-refractivity contribution is 7.47. The molecule has 1 amide bonds. The van der Waals surface area contributed by atoms with Crippen molar-refractivity contribution in [3.63, 3.8) is 0 Å². The summed E-state index contributed by atoms with van der Waals surface area (Å²) < 4.78 is 23.5. The summed E-state index contributed by atoms with van der Waals surface area (Å²) >= 11 is 0.